The Labute approximate surface area is 174 Å². The average molecular weight is 400 g/mol. The summed E-state index contributed by atoms with van der Waals surface area (Å²) >= 11 is 0. The molecule has 2 aromatic carbocycles. The minimum atomic E-state index is -0.0231. The first kappa shape index (κ1) is 18.5. The zero-order chi connectivity index (χ0) is 20.3. The SMILES string of the molecule is O=C(CCn1cnc2ccccc21)Nc1cccc(-c2nnc3n2CCCCC3)c1. The number of benzene rings is 2. The lowest BCUT2D eigenvalue weighted by molar-refractivity contribution is -0.116. The van der Waals surface area contributed by atoms with Crippen molar-refractivity contribution in [1.82, 2.24) is 24.3 Å². The highest BCUT2D eigenvalue weighted by Crippen LogP contribution is 2.25. The van der Waals surface area contributed by atoms with Crippen LogP contribution < -0.4 is 5.32 Å². The van der Waals surface area contributed by atoms with Gasteiger partial charge in [0.05, 0.1) is 17.4 Å². The lowest BCUT2D eigenvalue weighted by Gasteiger charge is -2.10. The molecule has 2 aromatic heterocycles. The Morgan fingerprint density at radius 1 is 1.03 bits per heavy atom. The number of amides is 1. The van der Waals surface area contributed by atoms with Crippen molar-refractivity contribution in [3.05, 3.63) is 60.7 Å². The van der Waals surface area contributed by atoms with E-state index in [9.17, 15) is 4.79 Å². The fourth-order valence-electron chi connectivity index (χ4n) is 4.07. The lowest BCUT2D eigenvalue weighted by Crippen LogP contribution is -2.14. The third kappa shape index (κ3) is 3.70. The second kappa shape index (κ2) is 8.10. The number of nitrogens with one attached hydrogen (secondary N) is 1. The van der Waals surface area contributed by atoms with Gasteiger partial charge < -0.3 is 14.5 Å². The molecule has 0 bridgehead atoms. The van der Waals surface area contributed by atoms with Crippen LogP contribution in [0.25, 0.3) is 22.4 Å². The zero-order valence-corrected chi connectivity index (χ0v) is 16.8. The minimum Gasteiger partial charge on any atom is -0.330 e. The van der Waals surface area contributed by atoms with Crippen LogP contribution in [0.1, 0.15) is 31.5 Å². The van der Waals surface area contributed by atoms with E-state index in [1.165, 1.54) is 12.8 Å². The molecule has 5 rings (SSSR count). The second-order valence-corrected chi connectivity index (χ2v) is 7.71. The molecule has 7 heteroatoms. The number of nitrogens with zero attached hydrogens (tertiary/aromatic N) is 5. The van der Waals surface area contributed by atoms with Gasteiger partial charge in [-0.1, -0.05) is 30.7 Å². The molecule has 30 heavy (non-hydrogen) atoms. The van der Waals surface area contributed by atoms with Crippen LogP contribution in [-0.2, 0) is 24.3 Å². The standard InChI is InChI=1S/C23H24N6O/c30-22(12-14-28-16-24-19-9-3-4-10-20(19)28)25-18-8-6-7-17(15-18)23-27-26-21-11-2-1-5-13-29(21)23/h3-4,6-10,15-16H,1-2,5,11-14H2,(H,25,30). The Hall–Kier alpha value is -3.48. The van der Waals surface area contributed by atoms with Crippen molar-refractivity contribution in [2.45, 2.75) is 45.2 Å². The fourth-order valence-corrected chi connectivity index (χ4v) is 4.07. The zero-order valence-electron chi connectivity index (χ0n) is 16.8. The first-order chi connectivity index (χ1) is 14.8. The first-order valence-electron chi connectivity index (χ1n) is 10.5. The van der Waals surface area contributed by atoms with Crippen LogP contribution in [0.15, 0.2) is 54.9 Å². The van der Waals surface area contributed by atoms with Gasteiger partial charge in [0.1, 0.15) is 5.82 Å². The normalized spacial score (nSPS) is 13.7. The van der Waals surface area contributed by atoms with Gasteiger partial charge in [-0.25, -0.2) is 4.98 Å². The quantitative estimate of drug-likeness (QED) is 0.548. The number of rotatable bonds is 5. The van der Waals surface area contributed by atoms with E-state index in [0.717, 1.165) is 53.3 Å². The van der Waals surface area contributed by atoms with Crippen molar-refractivity contribution in [2.24, 2.45) is 0 Å². The largest absolute Gasteiger partial charge is 0.330 e. The molecule has 4 aromatic rings. The summed E-state index contributed by atoms with van der Waals surface area (Å²) in [6.07, 6.45) is 6.69. The van der Waals surface area contributed by atoms with Gasteiger partial charge in [-0.2, -0.15) is 0 Å². The van der Waals surface area contributed by atoms with Crippen molar-refractivity contribution in [1.29, 1.82) is 0 Å². The maximum absolute atomic E-state index is 12.5. The van der Waals surface area contributed by atoms with E-state index in [1.54, 1.807) is 6.33 Å². The predicted octanol–water partition coefficient (Wildman–Crippen LogP) is 4.05. The van der Waals surface area contributed by atoms with Crippen LogP contribution in [0.4, 0.5) is 5.69 Å². The monoisotopic (exact) mass is 400 g/mol. The Morgan fingerprint density at radius 3 is 2.93 bits per heavy atom. The number of imidazole rings is 1. The van der Waals surface area contributed by atoms with Gasteiger partial charge in [0.2, 0.25) is 5.91 Å². The lowest BCUT2D eigenvalue weighted by atomic mass is 10.2. The van der Waals surface area contributed by atoms with Crippen LogP contribution >= 0.6 is 0 Å². The van der Waals surface area contributed by atoms with E-state index in [-0.39, 0.29) is 5.91 Å². The van der Waals surface area contributed by atoms with Crippen LogP contribution in [0.2, 0.25) is 0 Å². The smallest absolute Gasteiger partial charge is 0.226 e. The molecule has 1 aliphatic heterocycles. The molecule has 0 atom stereocenters. The van der Waals surface area contributed by atoms with Crippen LogP contribution in [0.5, 0.6) is 0 Å². The van der Waals surface area contributed by atoms with E-state index < -0.39 is 0 Å². The number of anilines is 1. The number of aromatic nitrogens is 5. The topological polar surface area (TPSA) is 77.6 Å². The van der Waals surface area contributed by atoms with Crippen molar-refractivity contribution >= 4 is 22.6 Å². The first-order valence-corrected chi connectivity index (χ1v) is 10.5. The number of hydrogen-bond acceptors (Lipinski definition) is 4. The maximum atomic E-state index is 12.5. The fraction of sp³-hybridized carbons (Fsp3) is 0.304. The highest BCUT2D eigenvalue weighted by Gasteiger charge is 2.16. The van der Waals surface area contributed by atoms with E-state index in [4.69, 9.17) is 0 Å². The van der Waals surface area contributed by atoms with Gasteiger partial charge in [-0.05, 0) is 37.1 Å². The molecule has 152 valence electrons. The van der Waals surface area contributed by atoms with Crippen molar-refractivity contribution in [3.63, 3.8) is 0 Å². The highest BCUT2D eigenvalue weighted by atomic mass is 16.1. The molecule has 0 saturated carbocycles. The van der Waals surface area contributed by atoms with Gasteiger partial charge in [-0.15, -0.1) is 10.2 Å². The molecular weight excluding hydrogens is 376 g/mol. The van der Waals surface area contributed by atoms with Gasteiger partial charge in [-0.3, -0.25) is 4.79 Å². The molecule has 0 radical (unpaired) electrons. The van der Waals surface area contributed by atoms with Crippen molar-refractivity contribution < 1.29 is 4.79 Å². The summed E-state index contributed by atoms with van der Waals surface area (Å²) < 4.78 is 4.23. The van der Waals surface area contributed by atoms with E-state index in [2.05, 4.69) is 25.1 Å². The summed E-state index contributed by atoms with van der Waals surface area (Å²) in [6, 6.07) is 15.8. The van der Waals surface area contributed by atoms with Gasteiger partial charge in [0.25, 0.3) is 0 Å². The van der Waals surface area contributed by atoms with Crippen LogP contribution in [0, 0.1) is 0 Å². The number of aryl methyl sites for hydroxylation is 2. The van der Waals surface area contributed by atoms with Gasteiger partial charge in [0.15, 0.2) is 5.82 Å². The summed E-state index contributed by atoms with van der Waals surface area (Å²) in [5.74, 6) is 1.92. The highest BCUT2D eigenvalue weighted by molar-refractivity contribution is 5.91. The third-order valence-electron chi connectivity index (χ3n) is 5.62. The average Bonchev–Trinajstić information content (AvgIpc) is 3.29. The molecule has 0 fully saturated rings. The molecular formula is C23H24N6O. The molecule has 0 saturated heterocycles. The number of carbonyl (C=O) groups excluding carboxylic acids is 1. The van der Waals surface area contributed by atoms with E-state index in [0.29, 0.717) is 13.0 Å². The van der Waals surface area contributed by atoms with E-state index >= 15 is 0 Å². The predicted molar refractivity (Wildman–Crippen MR) is 116 cm³/mol. The molecule has 0 aliphatic carbocycles. The summed E-state index contributed by atoms with van der Waals surface area (Å²) in [7, 11) is 0. The molecule has 1 amide bonds. The van der Waals surface area contributed by atoms with Gasteiger partial charge >= 0.3 is 0 Å². The molecule has 1 N–H and O–H groups in total. The van der Waals surface area contributed by atoms with Crippen LogP contribution in [0.3, 0.4) is 0 Å². The third-order valence-corrected chi connectivity index (χ3v) is 5.62. The van der Waals surface area contributed by atoms with Crippen molar-refractivity contribution in [2.75, 3.05) is 5.32 Å². The van der Waals surface area contributed by atoms with E-state index in [1.807, 2.05) is 53.1 Å². The molecule has 1 aliphatic rings. The molecule has 0 spiro atoms. The molecule has 7 nitrogen and oxygen atoms in total. The summed E-state index contributed by atoms with van der Waals surface area (Å²) in [5.41, 5.74) is 3.74. The Morgan fingerprint density at radius 2 is 1.97 bits per heavy atom. The summed E-state index contributed by atoms with van der Waals surface area (Å²) in [5, 5.41) is 11.8. The minimum absolute atomic E-state index is 0.0231. The number of fused-ring (bicyclic) bond motifs is 2. The molecule has 3 heterocycles. The number of carbonyl (C=O) groups is 1. The Bertz CT molecular complexity index is 1190. The number of hydrogen-bond donors (Lipinski definition) is 1. The van der Waals surface area contributed by atoms with Gasteiger partial charge in [0, 0.05) is 37.2 Å². The Kier molecular flexibility index (Phi) is 5.01. The van der Waals surface area contributed by atoms with Crippen LogP contribution in [-0.4, -0.2) is 30.2 Å². The van der Waals surface area contributed by atoms with Crippen molar-refractivity contribution in [3.8, 4) is 11.4 Å². The second-order valence-electron chi connectivity index (χ2n) is 7.71. The molecule has 0 unspecified atom stereocenters. The maximum Gasteiger partial charge on any atom is 0.226 e. The summed E-state index contributed by atoms with van der Waals surface area (Å²) in [4.78, 5) is 16.9. The number of para-hydroxylation sites is 2. The Balaban J connectivity index is 1.28. The summed E-state index contributed by atoms with van der Waals surface area (Å²) in [6.45, 7) is 1.54.